The first-order valence-corrected chi connectivity index (χ1v) is 11.0. The standard InChI is InChI=1S/C19H29N3O7S/c1-18(2,3)29-17(25)20-14-8-10-19(11-9-14,22-30(26,27)21-16(23)24)13-6-5-7-15(12-13)28-4/h5-7,12,14,21-22H,8-11H2,1-4H3,(H,20,25)(H,23,24)/t14-,19+. The SMILES string of the molecule is COc1cccc([C@]2(NS(=O)(=O)NC(=O)O)CC[C@@H](NC(=O)OC(C)(C)C)CC2)c1. The van der Waals surface area contributed by atoms with E-state index in [0.29, 0.717) is 37.0 Å². The highest BCUT2D eigenvalue weighted by atomic mass is 32.2. The van der Waals surface area contributed by atoms with E-state index in [1.165, 1.54) is 11.8 Å². The Morgan fingerprint density at radius 3 is 2.37 bits per heavy atom. The van der Waals surface area contributed by atoms with Crippen LogP contribution >= 0.6 is 0 Å². The zero-order valence-corrected chi connectivity index (χ0v) is 18.3. The van der Waals surface area contributed by atoms with E-state index >= 15 is 0 Å². The van der Waals surface area contributed by atoms with Gasteiger partial charge in [-0.1, -0.05) is 12.1 Å². The minimum atomic E-state index is -4.32. The van der Waals surface area contributed by atoms with E-state index in [4.69, 9.17) is 14.6 Å². The lowest BCUT2D eigenvalue weighted by molar-refractivity contribution is 0.0481. The van der Waals surface area contributed by atoms with E-state index in [1.54, 1.807) is 45.0 Å². The second-order valence-electron chi connectivity index (χ2n) is 8.25. The van der Waals surface area contributed by atoms with Gasteiger partial charge in [0.25, 0.3) is 0 Å². The van der Waals surface area contributed by atoms with Gasteiger partial charge in [0.05, 0.1) is 12.6 Å². The van der Waals surface area contributed by atoms with Gasteiger partial charge in [0, 0.05) is 6.04 Å². The maximum absolute atomic E-state index is 12.3. The van der Waals surface area contributed by atoms with E-state index in [-0.39, 0.29) is 6.04 Å². The van der Waals surface area contributed by atoms with Gasteiger partial charge in [-0.25, -0.2) is 14.3 Å². The third kappa shape index (κ3) is 6.77. The number of ether oxygens (including phenoxy) is 2. The van der Waals surface area contributed by atoms with Gasteiger partial charge in [-0.3, -0.25) is 0 Å². The average molecular weight is 444 g/mol. The predicted octanol–water partition coefficient (Wildman–Crippen LogP) is 2.46. The number of carbonyl (C=O) groups is 2. The highest BCUT2D eigenvalue weighted by Crippen LogP contribution is 2.39. The molecule has 10 nitrogen and oxygen atoms in total. The van der Waals surface area contributed by atoms with E-state index in [9.17, 15) is 18.0 Å². The molecular weight excluding hydrogens is 414 g/mol. The van der Waals surface area contributed by atoms with Crippen molar-refractivity contribution in [3.8, 4) is 5.75 Å². The predicted molar refractivity (Wildman–Crippen MR) is 110 cm³/mol. The van der Waals surface area contributed by atoms with Crippen LogP contribution in [-0.4, -0.2) is 44.5 Å². The summed E-state index contributed by atoms with van der Waals surface area (Å²) in [5.41, 5.74) is -1.03. The van der Waals surface area contributed by atoms with Crippen molar-refractivity contribution in [3.05, 3.63) is 29.8 Å². The van der Waals surface area contributed by atoms with Gasteiger partial charge in [-0.05, 0) is 64.2 Å². The molecule has 2 amide bonds. The van der Waals surface area contributed by atoms with Crippen molar-refractivity contribution >= 4 is 22.4 Å². The summed E-state index contributed by atoms with van der Waals surface area (Å²) in [7, 11) is -2.82. The molecule has 0 radical (unpaired) electrons. The van der Waals surface area contributed by atoms with Crippen molar-refractivity contribution in [2.75, 3.05) is 7.11 Å². The number of alkyl carbamates (subject to hydrolysis) is 1. The Morgan fingerprint density at radius 1 is 1.20 bits per heavy atom. The summed E-state index contributed by atoms with van der Waals surface area (Å²) in [4.78, 5) is 22.9. The lowest BCUT2D eigenvalue weighted by atomic mass is 9.75. The van der Waals surface area contributed by atoms with Crippen LogP contribution in [0.4, 0.5) is 9.59 Å². The fraction of sp³-hybridized carbons (Fsp3) is 0.579. The zero-order chi connectivity index (χ0) is 22.6. The minimum Gasteiger partial charge on any atom is -0.497 e. The molecule has 4 N–H and O–H groups in total. The topological polar surface area (TPSA) is 143 Å². The molecule has 0 bridgehead atoms. The molecule has 1 aliphatic rings. The highest BCUT2D eigenvalue weighted by molar-refractivity contribution is 7.88. The van der Waals surface area contributed by atoms with Crippen LogP contribution < -0.4 is 19.5 Å². The van der Waals surface area contributed by atoms with Gasteiger partial charge in [-0.15, -0.1) is 0 Å². The van der Waals surface area contributed by atoms with Gasteiger partial charge in [0.2, 0.25) is 0 Å². The van der Waals surface area contributed by atoms with Crippen molar-refractivity contribution in [3.63, 3.8) is 0 Å². The third-order valence-electron chi connectivity index (χ3n) is 4.73. The molecule has 0 aromatic heterocycles. The summed E-state index contributed by atoms with van der Waals surface area (Å²) in [5.74, 6) is 0.547. The van der Waals surface area contributed by atoms with Gasteiger partial charge < -0.3 is 19.9 Å². The van der Waals surface area contributed by atoms with Crippen molar-refractivity contribution in [2.45, 2.75) is 63.6 Å². The summed E-state index contributed by atoms with van der Waals surface area (Å²) in [6.07, 6.45) is -0.612. The Hall–Kier alpha value is -2.53. The summed E-state index contributed by atoms with van der Waals surface area (Å²) in [6, 6.07) is 6.74. The summed E-state index contributed by atoms with van der Waals surface area (Å²) in [6.45, 7) is 5.31. The number of nitrogens with one attached hydrogen (secondary N) is 3. The number of carbonyl (C=O) groups excluding carboxylic acids is 1. The van der Waals surface area contributed by atoms with Crippen molar-refractivity contribution in [1.29, 1.82) is 0 Å². The second-order valence-corrected chi connectivity index (χ2v) is 9.66. The maximum Gasteiger partial charge on any atom is 0.419 e. The number of carboxylic acid groups (broad SMARTS) is 1. The van der Waals surface area contributed by atoms with Crippen LogP contribution in [-0.2, 0) is 20.5 Å². The van der Waals surface area contributed by atoms with Crippen LogP contribution in [0, 0.1) is 0 Å². The Morgan fingerprint density at radius 2 is 1.83 bits per heavy atom. The molecule has 1 aromatic rings. The van der Waals surface area contributed by atoms with Gasteiger partial charge in [0.1, 0.15) is 11.4 Å². The molecule has 0 unspecified atom stereocenters. The smallest absolute Gasteiger partial charge is 0.419 e. The van der Waals surface area contributed by atoms with Gasteiger partial charge in [0.15, 0.2) is 0 Å². The number of amides is 2. The number of rotatable bonds is 6. The van der Waals surface area contributed by atoms with Crippen LogP contribution in [0.15, 0.2) is 24.3 Å². The normalized spacial score (nSPS) is 22.1. The Balaban J connectivity index is 2.22. The van der Waals surface area contributed by atoms with Gasteiger partial charge in [-0.2, -0.15) is 13.1 Å². The van der Waals surface area contributed by atoms with E-state index in [0.717, 1.165) is 0 Å². The summed E-state index contributed by atoms with van der Waals surface area (Å²) >= 11 is 0. The number of hydrogen-bond acceptors (Lipinski definition) is 6. The van der Waals surface area contributed by atoms with Crippen molar-refractivity contribution in [2.24, 2.45) is 0 Å². The lowest BCUT2D eigenvalue weighted by Crippen LogP contribution is -2.54. The molecule has 0 heterocycles. The quantitative estimate of drug-likeness (QED) is 0.529. The van der Waals surface area contributed by atoms with Crippen LogP contribution in [0.3, 0.4) is 0 Å². The van der Waals surface area contributed by atoms with Crippen molar-refractivity contribution in [1.82, 2.24) is 14.8 Å². The molecule has 2 rings (SSSR count). The van der Waals surface area contributed by atoms with Crippen LogP contribution in [0.2, 0.25) is 0 Å². The Kier molecular flexibility index (Phi) is 7.19. The Bertz CT molecular complexity index is 872. The third-order valence-corrected chi connectivity index (χ3v) is 5.84. The molecule has 168 valence electrons. The highest BCUT2D eigenvalue weighted by Gasteiger charge is 2.41. The molecule has 30 heavy (non-hydrogen) atoms. The first-order valence-electron chi connectivity index (χ1n) is 9.53. The fourth-order valence-corrected chi connectivity index (χ4v) is 4.61. The van der Waals surface area contributed by atoms with Crippen LogP contribution in [0.1, 0.15) is 52.0 Å². The largest absolute Gasteiger partial charge is 0.497 e. The Labute approximate surface area is 176 Å². The molecular formula is C19H29N3O7S. The van der Waals surface area contributed by atoms with Crippen LogP contribution in [0.5, 0.6) is 5.75 Å². The second kappa shape index (κ2) is 9.09. The minimum absolute atomic E-state index is 0.199. The molecule has 11 heteroatoms. The summed E-state index contributed by atoms with van der Waals surface area (Å²) in [5, 5.41) is 11.6. The fourth-order valence-electron chi connectivity index (χ4n) is 3.50. The molecule has 1 aromatic carbocycles. The lowest BCUT2D eigenvalue weighted by Gasteiger charge is -2.41. The number of hydrogen-bond donors (Lipinski definition) is 4. The molecule has 0 aliphatic heterocycles. The molecule has 1 fully saturated rings. The van der Waals surface area contributed by atoms with Crippen molar-refractivity contribution < 1.29 is 32.6 Å². The number of methoxy groups -OCH3 is 1. The molecule has 0 atom stereocenters. The average Bonchev–Trinajstić information content (AvgIpc) is 2.60. The van der Waals surface area contributed by atoms with E-state index in [2.05, 4.69) is 10.0 Å². The first-order chi connectivity index (χ1) is 13.8. The monoisotopic (exact) mass is 443 g/mol. The van der Waals surface area contributed by atoms with E-state index < -0.39 is 33.5 Å². The van der Waals surface area contributed by atoms with Gasteiger partial charge >= 0.3 is 22.4 Å². The first kappa shape index (κ1) is 23.7. The molecule has 0 spiro atoms. The molecule has 1 aliphatic carbocycles. The summed E-state index contributed by atoms with van der Waals surface area (Å²) < 4.78 is 39.2. The number of benzene rings is 1. The van der Waals surface area contributed by atoms with E-state index in [1.807, 2.05) is 0 Å². The zero-order valence-electron chi connectivity index (χ0n) is 17.5. The molecule has 1 saturated carbocycles. The van der Waals surface area contributed by atoms with Crippen LogP contribution in [0.25, 0.3) is 0 Å². The maximum atomic E-state index is 12.3. The molecule has 0 saturated heterocycles.